The highest BCUT2D eigenvalue weighted by molar-refractivity contribution is 5.87. The predicted octanol–water partition coefficient (Wildman–Crippen LogP) is 1.60. The standard InChI is InChI=1S/C8H13N3O3/c1-8(2,3)13-7(12)11-5-4-10-14-6(5)9/h4H,9H2,1-3H3,(H,11,12). The van der Waals surface area contributed by atoms with Crippen LogP contribution >= 0.6 is 0 Å². The van der Waals surface area contributed by atoms with E-state index in [4.69, 9.17) is 10.5 Å². The van der Waals surface area contributed by atoms with E-state index in [-0.39, 0.29) is 5.88 Å². The molecule has 0 aliphatic heterocycles. The number of nitrogens with one attached hydrogen (secondary N) is 1. The van der Waals surface area contributed by atoms with Crippen molar-refractivity contribution in [2.24, 2.45) is 0 Å². The number of anilines is 2. The van der Waals surface area contributed by atoms with E-state index in [1.165, 1.54) is 6.20 Å². The minimum atomic E-state index is -0.590. The number of nitrogens with two attached hydrogens (primary N) is 1. The van der Waals surface area contributed by atoms with E-state index in [1.807, 2.05) is 0 Å². The lowest BCUT2D eigenvalue weighted by Gasteiger charge is -2.19. The molecule has 0 radical (unpaired) electrons. The number of hydrogen-bond acceptors (Lipinski definition) is 5. The van der Waals surface area contributed by atoms with Crippen molar-refractivity contribution in [1.29, 1.82) is 0 Å². The molecule has 0 aliphatic carbocycles. The Morgan fingerprint density at radius 3 is 2.71 bits per heavy atom. The Morgan fingerprint density at radius 1 is 1.64 bits per heavy atom. The first-order chi connectivity index (χ1) is 6.38. The largest absolute Gasteiger partial charge is 0.444 e. The zero-order chi connectivity index (χ0) is 10.8. The smallest absolute Gasteiger partial charge is 0.412 e. The maximum Gasteiger partial charge on any atom is 0.412 e. The second kappa shape index (κ2) is 3.57. The summed E-state index contributed by atoms with van der Waals surface area (Å²) in [6.07, 6.45) is 0.714. The van der Waals surface area contributed by atoms with E-state index in [0.29, 0.717) is 5.69 Å². The van der Waals surface area contributed by atoms with Crippen LogP contribution in [0.4, 0.5) is 16.4 Å². The molecule has 14 heavy (non-hydrogen) atoms. The molecule has 1 heterocycles. The molecular weight excluding hydrogens is 186 g/mol. The summed E-state index contributed by atoms with van der Waals surface area (Å²) in [4.78, 5) is 11.2. The van der Waals surface area contributed by atoms with Crippen LogP contribution in [0.25, 0.3) is 0 Å². The van der Waals surface area contributed by atoms with Crippen molar-refractivity contribution >= 4 is 17.7 Å². The lowest BCUT2D eigenvalue weighted by molar-refractivity contribution is 0.0636. The van der Waals surface area contributed by atoms with Gasteiger partial charge in [0.2, 0.25) is 5.88 Å². The fourth-order valence-corrected chi connectivity index (χ4v) is 0.756. The average Bonchev–Trinajstić information content (AvgIpc) is 2.32. The summed E-state index contributed by atoms with van der Waals surface area (Å²) >= 11 is 0. The van der Waals surface area contributed by atoms with Crippen LogP contribution in [0.3, 0.4) is 0 Å². The van der Waals surface area contributed by atoms with Crippen LogP contribution in [-0.2, 0) is 4.74 Å². The summed E-state index contributed by atoms with van der Waals surface area (Å²) in [5.74, 6) is 0.0517. The van der Waals surface area contributed by atoms with Crippen molar-refractivity contribution in [1.82, 2.24) is 5.16 Å². The molecule has 0 spiro atoms. The maximum atomic E-state index is 11.2. The molecule has 78 valence electrons. The van der Waals surface area contributed by atoms with Gasteiger partial charge in [-0.1, -0.05) is 5.16 Å². The Labute approximate surface area is 81.4 Å². The molecule has 1 rings (SSSR count). The van der Waals surface area contributed by atoms with Gasteiger partial charge < -0.3 is 15.0 Å². The molecule has 0 bridgehead atoms. The number of hydrogen-bond donors (Lipinski definition) is 2. The zero-order valence-electron chi connectivity index (χ0n) is 8.33. The summed E-state index contributed by atoms with van der Waals surface area (Å²) in [6, 6.07) is 0. The van der Waals surface area contributed by atoms with Gasteiger partial charge in [0, 0.05) is 0 Å². The Kier molecular flexibility index (Phi) is 2.64. The molecule has 0 fully saturated rings. The summed E-state index contributed by atoms with van der Waals surface area (Å²) in [5, 5.41) is 5.81. The van der Waals surface area contributed by atoms with Gasteiger partial charge in [-0.3, -0.25) is 5.32 Å². The van der Waals surface area contributed by atoms with Crippen LogP contribution in [0.2, 0.25) is 0 Å². The second-order valence-electron chi connectivity index (χ2n) is 3.73. The zero-order valence-corrected chi connectivity index (χ0v) is 8.33. The summed E-state index contributed by atoms with van der Waals surface area (Å²) in [6.45, 7) is 5.30. The Morgan fingerprint density at radius 2 is 2.29 bits per heavy atom. The van der Waals surface area contributed by atoms with Gasteiger partial charge >= 0.3 is 6.09 Å². The highest BCUT2D eigenvalue weighted by Gasteiger charge is 2.17. The van der Waals surface area contributed by atoms with E-state index in [2.05, 4.69) is 15.0 Å². The lowest BCUT2D eigenvalue weighted by Crippen LogP contribution is -2.27. The monoisotopic (exact) mass is 199 g/mol. The van der Waals surface area contributed by atoms with Crippen molar-refractivity contribution in [3.8, 4) is 0 Å². The number of carbonyl (C=O) groups excluding carboxylic acids is 1. The molecule has 0 aliphatic rings. The average molecular weight is 199 g/mol. The summed E-state index contributed by atoms with van der Waals surface area (Å²) in [5.41, 5.74) is 5.11. The normalized spacial score (nSPS) is 11.1. The maximum absolute atomic E-state index is 11.2. The first kappa shape index (κ1) is 10.4. The van der Waals surface area contributed by atoms with Crippen molar-refractivity contribution in [2.75, 3.05) is 11.1 Å². The molecule has 0 unspecified atom stereocenters. The molecule has 0 atom stereocenters. The number of rotatable bonds is 1. The van der Waals surface area contributed by atoms with E-state index in [9.17, 15) is 4.79 Å². The van der Waals surface area contributed by atoms with Crippen molar-refractivity contribution in [3.63, 3.8) is 0 Å². The van der Waals surface area contributed by atoms with Crippen LogP contribution in [0.5, 0.6) is 0 Å². The van der Waals surface area contributed by atoms with E-state index in [0.717, 1.165) is 0 Å². The molecule has 6 heteroatoms. The minimum absolute atomic E-state index is 0.0517. The Balaban J connectivity index is 2.54. The van der Waals surface area contributed by atoms with Gasteiger partial charge in [-0.2, -0.15) is 0 Å². The topological polar surface area (TPSA) is 90.4 Å². The first-order valence-electron chi connectivity index (χ1n) is 4.08. The van der Waals surface area contributed by atoms with Gasteiger partial charge in [-0.15, -0.1) is 0 Å². The minimum Gasteiger partial charge on any atom is -0.444 e. The lowest BCUT2D eigenvalue weighted by atomic mass is 10.2. The summed E-state index contributed by atoms with van der Waals surface area (Å²) in [7, 11) is 0. The van der Waals surface area contributed by atoms with E-state index < -0.39 is 11.7 Å². The molecule has 1 aromatic rings. The number of ether oxygens (including phenoxy) is 1. The number of amides is 1. The van der Waals surface area contributed by atoms with Gasteiger partial charge in [0.05, 0.1) is 6.20 Å². The van der Waals surface area contributed by atoms with E-state index in [1.54, 1.807) is 20.8 Å². The molecule has 0 aromatic carbocycles. The fraction of sp³-hybridized carbons (Fsp3) is 0.500. The molecule has 0 saturated heterocycles. The highest BCUT2D eigenvalue weighted by atomic mass is 16.6. The number of carbonyl (C=O) groups is 1. The second-order valence-corrected chi connectivity index (χ2v) is 3.73. The molecule has 6 nitrogen and oxygen atoms in total. The number of nitrogens with zero attached hydrogens (tertiary/aromatic N) is 1. The Hall–Kier alpha value is -1.72. The number of aromatic nitrogens is 1. The van der Waals surface area contributed by atoms with Gasteiger partial charge in [0.1, 0.15) is 11.3 Å². The van der Waals surface area contributed by atoms with Crippen molar-refractivity contribution in [2.45, 2.75) is 26.4 Å². The van der Waals surface area contributed by atoms with Crippen molar-refractivity contribution < 1.29 is 14.1 Å². The molecule has 1 amide bonds. The fourth-order valence-electron chi connectivity index (χ4n) is 0.756. The van der Waals surface area contributed by atoms with Gasteiger partial charge in [0.25, 0.3) is 0 Å². The van der Waals surface area contributed by atoms with Crippen LogP contribution < -0.4 is 11.1 Å². The third-order valence-electron chi connectivity index (χ3n) is 1.23. The van der Waals surface area contributed by atoms with Crippen LogP contribution in [0.15, 0.2) is 10.7 Å². The van der Waals surface area contributed by atoms with Gasteiger partial charge in [-0.25, -0.2) is 4.79 Å². The SMILES string of the molecule is CC(C)(C)OC(=O)Nc1cnoc1N. The molecule has 0 saturated carbocycles. The van der Waals surface area contributed by atoms with Gasteiger partial charge in [-0.05, 0) is 20.8 Å². The van der Waals surface area contributed by atoms with Crippen molar-refractivity contribution in [3.05, 3.63) is 6.20 Å². The predicted molar refractivity (Wildman–Crippen MR) is 50.8 cm³/mol. The Bertz CT molecular complexity index is 327. The number of nitrogen functional groups attached to an aromatic ring is 1. The third-order valence-corrected chi connectivity index (χ3v) is 1.23. The highest BCUT2D eigenvalue weighted by Crippen LogP contribution is 2.17. The third kappa shape index (κ3) is 2.96. The quantitative estimate of drug-likeness (QED) is 0.716. The summed E-state index contributed by atoms with van der Waals surface area (Å²) < 4.78 is 9.54. The molecule has 1 aromatic heterocycles. The first-order valence-corrected chi connectivity index (χ1v) is 4.08. The molecular formula is C8H13N3O3. The van der Waals surface area contributed by atoms with E-state index >= 15 is 0 Å². The van der Waals surface area contributed by atoms with Crippen LogP contribution in [0, 0.1) is 0 Å². The molecule has 3 N–H and O–H groups in total. The van der Waals surface area contributed by atoms with Gasteiger partial charge in [0.15, 0.2) is 0 Å². The van der Waals surface area contributed by atoms with Crippen LogP contribution in [0.1, 0.15) is 20.8 Å². The van der Waals surface area contributed by atoms with Crippen LogP contribution in [-0.4, -0.2) is 16.9 Å².